The second-order valence-corrected chi connectivity index (χ2v) is 6.27. The predicted molar refractivity (Wildman–Crippen MR) is 85.8 cm³/mol. The molecule has 0 aliphatic carbocycles. The smallest absolute Gasteiger partial charge is 0.0827 e. The van der Waals surface area contributed by atoms with Gasteiger partial charge in [0.15, 0.2) is 0 Å². The van der Waals surface area contributed by atoms with Gasteiger partial charge in [0.25, 0.3) is 0 Å². The lowest BCUT2D eigenvalue weighted by Gasteiger charge is -2.27. The molecule has 0 amide bonds. The molecule has 1 heterocycles. The lowest BCUT2D eigenvalue weighted by Crippen LogP contribution is -2.30. The van der Waals surface area contributed by atoms with E-state index >= 15 is 0 Å². The molecular formula is C17H23NOS. The fourth-order valence-corrected chi connectivity index (χ4v) is 3.16. The molecule has 3 heteroatoms. The van der Waals surface area contributed by atoms with Crippen molar-refractivity contribution in [1.82, 2.24) is 4.90 Å². The quantitative estimate of drug-likeness (QED) is 0.834. The second-order valence-electron chi connectivity index (χ2n) is 5.24. The first-order valence-electron chi connectivity index (χ1n) is 7.18. The molecule has 2 unspecified atom stereocenters. The Kier molecular flexibility index (Phi) is 5.77. The average molecular weight is 289 g/mol. The summed E-state index contributed by atoms with van der Waals surface area (Å²) < 4.78 is 0. The zero-order valence-corrected chi connectivity index (χ0v) is 13.0. The van der Waals surface area contributed by atoms with Crippen LogP contribution in [0.5, 0.6) is 0 Å². The Hall–Kier alpha value is -1.16. The number of hydrogen-bond donors (Lipinski definition) is 1. The molecule has 0 aliphatic rings. The van der Waals surface area contributed by atoms with Gasteiger partial charge in [-0.05, 0) is 29.5 Å². The van der Waals surface area contributed by atoms with E-state index in [1.807, 2.05) is 30.3 Å². The normalized spacial score (nSPS) is 14.4. The second kappa shape index (κ2) is 7.58. The highest BCUT2D eigenvalue weighted by Crippen LogP contribution is 2.23. The minimum absolute atomic E-state index is 0.220. The van der Waals surface area contributed by atoms with Gasteiger partial charge in [-0.25, -0.2) is 0 Å². The third kappa shape index (κ3) is 4.17. The highest BCUT2D eigenvalue weighted by Gasteiger charge is 2.19. The van der Waals surface area contributed by atoms with Crippen molar-refractivity contribution in [2.75, 3.05) is 13.1 Å². The third-order valence-electron chi connectivity index (χ3n) is 3.63. The van der Waals surface area contributed by atoms with Crippen LogP contribution < -0.4 is 0 Å². The van der Waals surface area contributed by atoms with Gasteiger partial charge in [0, 0.05) is 18.0 Å². The van der Waals surface area contributed by atoms with E-state index in [1.54, 1.807) is 11.3 Å². The van der Waals surface area contributed by atoms with Gasteiger partial charge < -0.3 is 5.11 Å². The lowest BCUT2D eigenvalue weighted by molar-refractivity contribution is 0.0878. The molecule has 0 saturated carbocycles. The summed E-state index contributed by atoms with van der Waals surface area (Å²) in [5.41, 5.74) is 1.01. The molecule has 1 N–H and O–H groups in total. The lowest BCUT2D eigenvalue weighted by atomic mass is 9.97. The monoisotopic (exact) mass is 289 g/mol. The average Bonchev–Trinajstić information content (AvgIpc) is 2.99. The maximum absolute atomic E-state index is 10.4. The summed E-state index contributed by atoms with van der Waals surface area (Å²) in [5.74, 6) is 0.220. The van der Waals surface area contributed by atoms with Gasteiger partial charge in [0.2, 0.25) is 0 Å². The Morgan fingerprint density at radius 3 is 2.50 bits per heavy atom. The number of aliphatic hydroxyl groups is 1. The van der Waals surface area contributed by atoms with Crippen molar-refractivity contribution in [3.63, 3.8) is 0 Å². The van der Waals surface area contributed by atoms with Crippen LogP contribution in [0.15, 0.2) is 47.8 Å². The first kappa shape index (κ1) is 15.2. The molecule has 108 valence electrons. The Labute approximate surface area is 125 Å². The molecule has 0 saturated heterocycles. The predicted octanol–water partition coefficient (Wildman–Crippen LogP) is 3.94. The van der Waals surface area contributed by atoms with E-state index in [2.05, 4.69) is 36.3 Å². The summed E-state index contributed by atoms with van der Waals surface area (Å²) in [4.78, 5) is 3.77. The maximum Gasteiger partial charge on any atom is 0.0827 e. The van der Waals surface area contributed by atoms with Gasteiger partial charge in [0.1, 0.15) is 0 Å². The number of aliphatic hydroxyl groups excluding tert-OH is 1. The van der Waals surface area contributed by atoms with E-state index in [4.69, 9.17) is 0 Å². The summed E-state index contributed by atoms with van der Waals surface area (Å²) in [7, 11) is 0. The largest absolute Gasteiger partial charge is 0.388 e. The number of hydrogen-bond acceptors (Lipinski definition) is 3. The van der Waals surface area contributed by atoms with E-state index in [1.165, 1.54) is 4.88 Å². The third-order valence-corrected chi connectivity index (χ3v) is 4.49. The summed E-state index contributed by atoms with van der Waals surface area (Å²) in [6, 6.07) is 14.2. The SMILES string of the molecule is CCN(Cc1cccs1)CC(C)C(O)c1ccccc1. The fraction of sp³-hybridized carbons (Fsp3) is 0.412. The van der Waals surface area contributed by atoms with Gasteiger partial charge in [0.05, 0.1) is 6.10 Å². The van der Waals surface area contributed by atoms with Crippen LogP contribution in [0.2, 0.25) is 0 Å². The Morgan fingerprint density at radius 2 is 1.90 bits per heavy atom. The van der Waals surface area contributed by atoms with Crippen molar-refractivity contribution in [3.8, 4) is 0 Å². The van der Waals surface area contributed by atoms with E-state index in [0.29, 0.717) is 0 Å². The van der Waals surface area contributed by atoms with Crippen LogP contribution in [0.25, 0.3) is 0 Å². The molecular weight excluding hydrogens is 266 g/mol. The van der Waals surface area contributed by atoms with Crippen molar-refractivity contribution in [3.05, 3.63) is 58.3 Å². The Morgan fingerprint density at radius 1 is 1.15 bits per heavy atom. The number of nitrogens with zero attached hydrogens (tertiary/aromatic N) is 1. The van der Waals surface area contributed by atoms with Crippen molar-refractivity contribution in [2.45, 2.75) is 26.5 Å². The molecule has 0 bridgehead atoms. The molecule has 0 fully saturated rings. The van der Waals surface area contributed by atoms with Crippen molar-refractivity contribution >= 4 is 11.3 Å². The maximum atomic E-state index is 10.4. The van der Waals surface area contributed by atoms with Crippen molar-refractivity contribution < 1.29 is 5.11 Å². The minimum Gasteiger partial charge on any atom is -0.388 e. The first-order valence-corrected chi connectivity index (χ1v) is 8.06. The molecule has 0 aliphatic heterocycles. The molecule has 2 atom stereocenters. The number of benzene rings is 1. The van der Waals surface area contributed by atoms with Crippen LogP contribution in [0.3, 0.4) is 0 Å². The fourth-order valence-electron chi connectivity index (χ4n) is 2.41. The van der Waals surface area contributed by atoms with E-state index in [0.717, 1.165) is 25.2 Å². The first-order chi connectivity index (χ1) is 9.70. The Bertz CT molecular complexity index is 483. The standard InChI is InChI=1S/C17H23NOS/c1-3-18(13-16-10-7-11-20-16)12-14(2)17(19)15-8-5-4-6-9-15/h4-11,14,17,19H,3,12-13H2,1-2H3. The summed E-state index contributed by atoms with van der Waals surface area (Å²) >= 11 is 1.79. The van der Waals surface area contributed by atoms with Gasteiger partial charge in [-0.3, -0.25) is 4.90 Å². The minimum atomic E-state index is -0.395. The van der Waals surface area contributed by atoms with Crippen LogP contribution in [0.4, 0.5) is 0 Å². The highest BCUT2D eigenvalue weighted by molar-refractivity contribution is 7.09. The summed E-state index contributed by atoms with van der Waals surface area (Å²) in [6.07, 6.45) is -0.395. The molecule has 1 aromatic carbocycles. The van der Waals surface area contributed by atoms with Gasteiger partial charge in [-0.2, -0.15) is 0 Å². The van der Waals surface area contributed by atoms with Gasteiger partial charge in [-0.1, -0.05) is 50.2 Å². The van der Waals surface area contributed by atoms with E-state index < -0.39 is 6.10 Å². The Balaban J connectivity index is 1.93. The van der Waals surface area contributed by atoms with Crippen LogP contribution >= 0.6 is 11.3 Å². The van der Waals surface area contributed by atoms with Crippen LogP contribution in [0, 0.1) is 5.92 Å². The molecule has 2 nitrogen and oxygen atoms in total. The molecule has 2 rings (SSSR count). The zero-order valence-electron chi connectivity index (χ0n) is 12.2. The van der Waals surface area contributed by atoms with Gasteiger partial charge in [-0.15, -0.1) is 11.3 Å². The topological polar surface area (TPSA) is 23.5 Å². The van der Waals surface area contributed by atoms with Crippen LogP contribution in [-0.4, -0.2) is 23.1 Å². The van der Waals surface area contributed by atoms with Crippen LogP contribution in [0.1, 0.15) is 30.4 Å². The molecule has 2 aromatic rings. The summed E-state index contributed by atoms with van der Waals surface area (Å²) in [6.45, 7) is 7.18. The molecule has 20 heavy (non-hydrogen) atoms. The summed E-state index contributed by atoms with van der Waals surface area (Å²) in [5, 5.41) is 12.6. The van der Waals surface area contributed by atoms with E-state index in [-0.39, 0.29) is 5.92 Å². The zero-order chi connectivity index (χ0) is 14.4. The van der Waals surface area contributed by atoms with E-state index in [9.17, 15) is 5.11 Å². The molecule has 0 spiro atoms. The van der Waals surface area contributed by atoms with Gasteiger partial charge >= 0.3 is 0 Å². The highest BCUT2D eigenvalue weighted by atomic mass is 32.1. The molecule has 1 aromatic heterocycles. The number of rotatable bonds is 7. The van der Waals surface area contributed by atoms with Crippen molar-refractivity contribution in [1.29, 1.82) is 0 Å². The van der Waals surface area contributed by atoms with Crippen molar-refractivity contribution in [2.24, 2.45) is 5.92 Å². The van der Waals surface area contributed by atoms with Crippen LogP contribution in [-0.2, 0) is 6.54 Å². The number of thiophene rings is 1. The molecule has 0 radical (unpaired) electrons.